The predicted octanol–water partition coefficient (Wildman–Crippen LogP) is 12.2. The molecule has 0 spiro atoms. The molecule has 0 aliphatic carbocycles. The Kier molecular flexibility index (Phi) is 6.18. The van der Waals surface area contributed by atoms with Crippen molar-refractivity contribution in [2.45, 2.75) is 0 Å². The van der Waals surface area contributed by atoms with Crippen LogP contribution < -0.4 is 0 Å². The lowest BCUT2D eigenvalue weighted by molar-refractivity contribution is 0.669. The van der Waals surface area contributed by atoms with Crippen molar-refractivity contribution < 1.29 is 4.42 Å². The molecule has 8 aromatic carbocycles. The summed E-state index contributed by atoms with van der Waals surface area (Å²) in [4.78, 5) is 15.1. The molecule has 0 radical (unpaired) electrons. The van der Waals surface area contributed by atoms with Crippen LogP contribution in [-0.2, 0) is 0 Å². The van der Waals surface area contributed by atoms with Crippen molar-refractivity contribution in [3.8, 4) is 39.9 Å². The number of para-hydroxylation sites is 1. The number of hydrogen-bond acceptors (Lipinski definition) is 4. The van der Waals surface area contributed by atoms with Gasteiger partial charge in [-0.05, 0) is 57.9 Å². The molecule has 11 rings (SSSR count). The van der Waals surface area contributed by atoms with E-state index in [4.69, 9.17) is 19.4 Å². The topological polar surface area (TPSA) is 56.7 Å². The van der Waals surface area contributed by atoms with E-state index in [9.17, 15) is 0 Å². The molecule has 5 nitrogen and oxygen atoms in total. The van der Waals surface area contributed by atoms with E-state index in [0.29, 0.717) is 17.5 Å². The van der Waals surface area contributed by atoms with Gasteiger partial charge in [0.1, 0.15) is 11.2 Å². The number of hydrogen-bond donors (Lipinski definition) is 0. The van der Waals surface area contributed by atoms with E-state index in [2.05, 4.69) is 102 Å². The summed E-state index contributed by atoms with van der Waals surface area (Å²) < 4.78 is 9.23. The van der Waals surface area contributed by atoms with E-state index < -0.39 is 0 Å². The molecule has 0 atom stereocenters. The molecule has 242 valence electrons. The van der Waals surface area contributed by atoms with Crippen molar-refractivity contribution in [3.63, 3.8) is 0 Å². The largest absolute Gasteiger partial charge is 0.455 e. The summed E-state index contributed by atoms with van der Waals surface area (Å²) in [6, 6.07) is 59.2. The summed E-state index contributed by atoms with van der Waals surface area (Å²) in [7, 11) is 0. The maximum Gasteiger partial charge on any atom is 0.167 e. The highest BCUT2D eigenvalue weighted by molar-refractivity contribution is 6.24. The lowest BCUT2D eigenvalue weighted by Gasteiger charge is -2.13. The van der Waals surface area contributed by atoms with Gasteiger partial charge in [0.2, 0.25) is 0 Å². The van der Waals surface area contributed by atoms with Crippen molar-refractivity contribution >= 4 is 65.3 Å². The van der Waals surface area contributed by atoms with Gasteiger partial charge in [-0.25, -0.2) is 15.0 Å². The quantitative estimate of drug-likeness (QED) is 0.188. The minimum Gasteiger partial charge on any atom is -0.455 e. The molecule has 5 heteroatoms. The number of rotatable bonds is 4. The van der Waals surface area contributed by atoms with Gasteiger partial charge in [0, 0.05) is 27.3 Å². The van der Waals surface area contributed by atoms with Crippen LogP contribution in [0.5, 0.6) is 0 Å². The van der Waals surface area contributed by atoms with Crippen molar-refractivity contribution in [2.75, 3.05) is 0 Å². The second-order valence-corrected chi connectivity index (χ2v) is 13.2. The van der Waals surface area contributed by atoms with Crippen LogP contribution in [0.2, 0.25) is 0 Å². The van der Waals surface area contributed by atoms with E-state index in [-0.39, 0.29) is 0 Å². The maximum atomic E-state index is 6.82. The predicted molar refractivity (Wildman–Crippen MR) is 213 cm³/mol. The fourth-order valence-electron chi connectivity index (χ4n) is 7.83. The molecule has 0 saturated carbocycles. The van der Waals surface area contributed by atoms with Gasteiger partial charge in [0.15, 0.2) is 17.5 Å². The summed E-state index contributed by atoms with van der Waals surface area (Å²) in [6.45, 7) is 0. The Hall–Kier alpha value is -7.11. The molecular weight excluding hydrogens is 637 g/mol. The van der Waals surface area contributed by atoms with Gasteiger partial charge in [0.05, 0.1) is 27.7 Å². The highest BCUT2D eigenvalue weighted by Gasteiger charge is 2.23. The Morgan fingerprint density at radius 3 is 1.73 bits per heavy atom. The number of aromatic nitrogens is 4. The van der Waals surface area contributed by atoms with Gasteiger partial charge in [0.25, 0.3) is 0 Å². The molecule has 0 aliphatic heterocycles. The summed E-state index contributed by atoms with van der Waals surface area (Å²) in [6.07, 6.45) is 0. The number of furan rings is 1. The summed E-state index contributed by atoms with van der Waals surface area (Å²) in [5.41, 5.74) is 7.51. The minimum absolute atomic E-state index is 0.558. The molecule has 0 unspecified atom stereocenters. The second kappa shape index (κ2) is 11.2. The molecule has 11 aromatic rings. The zero-order chi connectivity index (χ0) is 34.2. The van der Waals surface area contributed by atoms with Crippen LogP contribution >= 0.6 is 0 Å². The average Bonchev–Trinajstić information content (AvgIpc) is 3.76. The van der Waals surface area contributed by atoms with Crippen molar-refractivity contribution in [2.24, 2.45) is 0 Å². The van der Waals surface area contributed by atoms with E-state index >= 15 is 0 Å². The van der Waals surface area contributed by atoms with Crippen LogP contribution in [0, 0.1) is 0 Å². The molecule has 3 heterocycles. The third-order valence-electron chi connectivity index (χ3n) is 10.2. The SMILES string of the molecule is c1ccc(-c2nc(-c3ccccc3)nc(-c3ccc(-n4c5cc6ccccc6cc5c5c6ccccc6ccc54)c4c3oc3ccccc34)n2)cc1. The molecular formula is C47H28N4O. The van der Waals surface area contributed by atoms with E-state index in [1.165, 1.54) is 32.3 Å². The molecule has 3 aromatic heterocycles. The first-order valence-electron chi connectivity index (χ1n) is 17.5. The Morgan fingerprint density at radius 2 is 1.00 bits per heavy atom. The standard InChI is InChI=1S/C47H28N4O/c1-3-14-30(15-4-1)45-48-46(31-16-5-2-6-17-31)50-47(49-45)36-24-26-39(43-35-21-11-12-22-41(35)52-44(36)43)51-38-25-23-29-13-9-10-20-34(29)42(38)37-27-32-18-7-8-19-33(32)28-40(37)51/h1-28H. The van der Waals surface area contributed by atoms with Crippen LogP contribution in [-0.4, -0.2) is 19.5 Å². The smallest absolute Gasteiger partial charge is 0.167 e. The van der Waals surface area contributed by atoms with Crippen molar-refractivity contribution in [1.82, 2.24) is 19.5 Å². The summed E-state index contributed by atoms with van der Waals surface area (Å²) in [5.74, 6) is 1.78. The Morgan fingerprint density at radius 1 is 0.404 bits per heavy atom. The van der Waals surface area contributed by atoms with Crippen LogP contribution in [0.25, 0.3) is 105 Å². The van der Waals surface area contributed by atoms with Crippen molar-refractivity contribution in [1.29, 1.82) is 0 Å². The zero-order valence-corrected chi connectivity index (χ0v) is 27.9. The van der Waals surface area contributed by atoms with E-state index in [1.807, 2.05) is 72.8 Å². The van der Waals surface area contributed by atoms with Gasteiger partial charge in [-0.3, -0.25) is 0 Å². The highest BCUT2D eigenvalue weighted by atomic mass is 16.3. The molecule has 0 amide bonds. The van der Waals surface area contributed by atoms with Crippen molar-refractivity contribution in [3.05, 3.63) is 170 Å². The normalized spacial score (nSPS) is 11.8. The van der Waals surface area contributed by atoms with E-state index in [0.717, 1.165) is 55.3 Å². The van der Waals surface area contributed by atoms with Crippen LogP contribution in [0.1, 0.15) is 0 Å². The fourth-order valence-corrected chi connectivity index (χ4v) is 7.83. The first kappa shape index (κ1) is 28.7. The van der Waals surface area contributed by atoms with Gasteiger partial charge in [-0.15, -0.1) is 0 Å². The number of nitrogens with zero attached hydrogens (tertiary/aromatic N) is 4. The minimum atomic E-state index is 0.558. The monoisotopic (exact) mass is 664 g/mol. The van der Waals surface area contributed by atoms with Gasteiger partial charge < -0.3 is 8.98 Å². The Bertz CT molecular complexity index is 3120. The molecule has 0 N–H and O–H groups in total. The fraction of sp³-hybridized carbons (Fsp3) is 0. The summed E-state index contributed by atoms with van der Waals surface area (Å²) in [5, 5.41) is 9.36. The van der Waals surface area contributed by atoms with Gasteiger partial charge in [-0.2, -0.15) is 0 Å². The molecule has 0 fully saturated rings. The number of fused-ring (bicyclic) bond motifs is 9. The molecule has 0 saturated heterocycles. The maximum absolute atomic E-state index is 6.82. The zero-order valence-electron chi connectivity index (χ0n) is 27.9. The molecule has 0 bridgehead atoms. The Labute approximate surface area is 298 Å². The van der Waals surface area contributed by atoms with Crippen LogP contribution in [0.3, 0.4) is 0 Å². The first-order chi connectivity index (χ1) is 25.8. The second-order valence-electron chi connectivity index (χ2n) is 13.2. The highest BCUT2D eigenvalue weighted by Crippen LogP contribution is 2.44. The average molecular weight is 665 g/mol. The third-order valence-corrected chi connectivity index (χ3v) is 10.2. The third kappa shape index (κ3) is 4.33. The Balaban J connectivity index is 1.25. The van der Waals surface area contributed by atoms with Crippen LogP contribution in [0.15, 0.2) is 174 Å². The van der Waals surface area contributed by atoms with E-state index in [1.54, 1.807) is 0 Å². The van der Waals surface area contributed by atoms with Gasteiger partial charge in [-0.1, -0.05) is 133 Å². The lowest BCUT2D eigenvalue weighted by atomic mass is 10.0. The lowest BCUT2D eigenvalue weighted by Crippen LogP contribution is -2.01. The van der Waals surface area contributed by atoms with Crippen LogP contribution in [0.4, 0.5) is 0 Å². The molecule has 52 heavy (non-hydrogen) atoms. The first-order valence-corrected chi connectivity index (χ1v) is 17.5. The number of benzene rings is 8. The summed E-state index contributed by atoms with van der Waals surface area (Å²) >= 11 is 0. The molecule has 0 aliphatic rings. The van der Waals surface area contributed by atoms with Gasteiger partial charge >= 0.3 is 0 Å².